The monoisotopic (exact) mass is 306 g/mol. The van der Waals surface area contributed by atoms with E-state index in [-0.39, 0.29) is 11.2 Å². The minimum Gasteiger partial charge on any atom is -0.342 e. The molecule has 1 atom stereocenters. The lowest BCUT2D eigenvalue weighted by Crippen LogP contribution is -2.46. The van der Waals surface area contributed by atoms with Gasteiger partial charge in [0.1, 0.15) is 0 Å². The third-order valence-electron chi connectivity index (χ3n) is 4.27. The van der Waals surface area contributed by atoms with E-state index in [9.17, 15) is 4.79 Å². The molecule has 1 fully saturated rings. The van der Waals surface area contributed by atoms with Crippen LogP contribution >= 0.6 is 11.8 Å². The van der Waals surface area contributed by atoms with Crippen molar-refractivity contribution < 1.29 is 4.79 Å². The Balaban J connectivity index is 1.90. The fourth-order valence-electron chi connectivity index (χ4n) is 2.72. The van der Waals surface area contributed by atoms with Gasteiger partial charge in [0.05, 0.1) is 5.25 Å². The predicted octanol–water partition coefficient (Wildman–Crippen LogP) is 3.03. The molecule has 1 aromatic rings. The second-order valence-electron chi connectivity index (χ2n) is 6.06. The molecule has 1 aliphatic rings. The van der Waals surface area contributed by atoms with Crippen molar-refractivity contribution in [3.05, 3.63) is 29.8 Å². The van der Waals surface area contributed by atoms with Crippen LogP contribution < -0.4 is 0 Å². The molecule has 1 saturated heterocycles. The summed E-state index contributed by atoms with van der Waals surface area (Å²) in [5.74, 6) is 0.245. The molecule has 0 spiro atoms. The molecule has 1 amide bonds. The first-order valence-electron chi connectivity index (χ1n) is 7.66. The van der Waals surface area contributed by atoms with Crippen LogP contribution in [0, 0.1) is 6.92 Å². The molecular weight excluding hydrogens is 280 g/mol. The van der Waals surface area contributed by atoms with Gasteiger partial charge >= 0.3 is 0 Å². The number of aryl methyl sites for hydroxylation is 1. The van der Waals surface area contributed by atoms with E-state index < -0.39 is 0 Å². The van der Waals surface area contributed by atoms with Gasteiger partial charge in [-0.05, 0) is 59.0 Å². The van der Waals surface area contributed by atoms with Gasteiger partial charge in [0.15, 0.2) is 0 Å². The average Bonchev–Trinajstić information content (AvgIpc) is 2.49. The summed E-state index contributed by atoms with van der Waals surface area (Å²) in [7, 11) is 4.11. The van der Waals surface area contributed by atoms with Crippen molar-refractivity contribution in [1.29, 1.82) is 0 Å². The van der Waals surface area contributed by atoms with Crippen molar-refractivity contribution in [2.45, 2.75) is 42.9 Å². The number of carbonyl (C=O) groups excluding carboxylic acids is 1. The molecule has 0 N–H and O–H groups in total. The summed E-state index contributed by atoms with van der Waals surface area (Å²) in [6, 6.07) is 8.79. The zero-order chi connectivity index (χ0) is 15.4. The topological polar surface area (TPSA) is 23.6 Å². The van der Waals surface area contributed by atoms with Gasteiger partial charge in [-0.1, -0.05) is 17.7 Å². The highest BCUT2D eigenvalue weighted by molar-refractivity contribution is 8.00. The minimum absolute atomic E-state index is 0.0302. The van der Waals surface area contributed by atoms with Crippen molar-refractivity contribution in [1.82, 2.24) is 9.80 Å². The Morgan fingerprint density at radius 1 is 1.29 bits per heavy atom. The first-order chi connectivity index (χ1) is 9.97. The molecule has 0 radical (unpaired) electrons. The van der Waals surface area contributed by atoms with Crippen molar-refractivity contribution in [2.75, 3.05) is 27.2 Å². The molecule has 0 saturated carbocycles. The number of benzene rings is 1. The van der Waals surface area contributed by atoms with E-state index in [1.165, 1.54) is 10.5 Å². The van der Waals surface area contributed by atoms with Gasteiger partial charge in [0.25, 0.3) is 0 Å². The van der Waals surface area contributed by atoms with E-state index >= 15 is 0 Å². The molecule has 0 bridgehead atoms. The zero-order valence-corrected chi connectivity index (χ0v) is 14.3. The van der Waals surface area contributed by atoms with Gasteiger partial charge in [-0.15, -0.1) is 11.8 Å². The van der Waals surface area contributed by atoms with Gasteiger partial charge < -0.3 is 9.80 Å². The molecule has 3 nitrogen and oxygen atoms in total. The summed E-state index contributed by atoms with van der Waals surface area (Å²) in [5, 5.41) is -0.0302. The number of carbonyl (C=O) groups is 1. The van der Waals surface area contributed by atoms with Gasteiger partial charge in [-0.2, -0.15) is 0 Å². The number of piperidine rings is 1. The Bertz CT molecular complexity index is 466. The molecule has 21 heavy (non-hydrogen) atoms. The number of hydrogen-bond acceptors (Lipinski definition) is 3. The Morgan fingerprint density at radius 2 is 1.86 bits per heavy atom. The van der Waals surface area contributed by atoms with Crippen LogP contribution in [0.25, 0.3) is 0 Å². The number of amides is 1. The third-order valence-corrected chi connectivity index (χ3v) is 5.36. The summed E-state index contributed by atoms with van der Waals surface area (Å²) in [6.45, 7) is 6.26. The van der Waals surface area contributed by atoms with Crippen molar-refractivity contribution in [3.8, 4) is 0 Å². The highest BCUT2D eigenvalue weighted by atomic mass is 32.2. The Morgan fingerprint density at radius 3 is 2.43 bits per heavy atom. The number of hydrogen-bond donors (Lipinski definition) is 0. The molecule has 116 valence electrons. The van der Waals surface area contributed by atoms with Gasteiger partial charge in [-0.25, -0.2) is 0 Å². The maximum atomic E-state index is 12.6. The van der Waals surface area contributed by atoms with Crippen LogP contribution in [-0.4, -0.2) is 54.2 Å². The second-order valence-corrected chi connectivity index (χ2v) is 7.47. The van der Waals surface area contributed by atoms with Crippen LogP contribution in [0.15, 0.2) is 29.2 Å². The van der Waals surface area contributed by atoms with E-state index in [4.69, 9.17) is 0 Å². The Labute approximate surface area is 132 Å². The van der Waals surface area contributed by atoms with Gasteiger partial charge in [0.2, 0.25) is 5.91 Å². The van der Waals surface area contributed by atoms with E-state index in [0.29, 0.717) is 6.04 Å². The molecule has 2 rings (SSSR count). The molecule has 1 aliphatic heterocycles. The third kappa shape index (κ3) is 4.48. The number of likely N-dealkylation sites (tertiary alicyclic amines) is 1. The second kappa shape index (κ2) is 7.32. The van der Waals surface area contributed by atoms with Crippen LogP contribution in [-0.2, 0) is 4.79 Å². The van der Waals surface area contributed by atoms with E-state index in [1.54, 1.807) is 11.8 Å². The minimum atomic E-state index is -0.0302. The SMILES string of the molecule is Cc1ccc(SC(C)C(=O)N(C)C2CCN(C)CC2)cc1. The standard InChI is InChI=1S/C17H26N2OS/c1-13-5-7-16(8-6-13)21-14(2)17(20)19(4)15-9-11-18(3)12-10-15/h5-8,14-15H,9-12H2,1-4H3. The Kier molecular flexibility index (Phi) is 5.71. The quantitative estimate of drug-likeness (QED) is 0.799. The van der Waals surface area contributed by atoms with Crippen LogP contribution in [0.3, 0.4) is 0 Å². The molecule has 4 heteroatoms. The maximum absolute atomic E-state index is 12.6. The van der Waals surface area contributed by atoms with Crippen molar-refractivity contribution >= 4 is 17.7 Å². The number of thioether (sulfide) groups is 1. The molecule has 1 heterocycles. The lowest BCUT2D eigenvalue weighted by atomic mass is 10.0. The lowest BCUT2D eigenvalue weighted by molar-refractivity contribution is -0.131. The summed E-state index contributed by atoms with van der Waals surface area (Å²) >= 11 is 1.65. The highest BCUT2D eigenvalue weighted by Crippen LogP contribution is 2.26. The molecule has 1 aromatic carbocycles. The number of nitrogens with zero attached hydrogens (tertiary/aromatic N) is 2. The summed E-state index contributed by atoms with van der Waals surface area (Å²) in [4.78, 5) is 18.1. The molecule has 1 unspecified atom stereocenters. The molecular formula is C17H26N2OS. The van der Waals surface area contributed by atoms with E-state index in [0.717, 1.165) is 25.9 Å². The summed E-state index contributed by atoms with van der Waals surface area (Å²) in [5.41, 5.74) is 1.25. The fraction of sp³-hybridized carbons (Fsp3) is 0.588. The van der Waals surface area contributed by atoms with E-state index in [2.05, 4.69) is 43.1 Å². The zero-order valence-electron chi connectivity index (χ0n) is 13.5. The number of rotatable bonds is 4. The van der Waals surface area contributed by atoms with Gasteiger partial charge in [-0.3, -0.25) is 4.79 Å². The Hall–Kier alpha value is -1.00. The van der Waals surface area contributed by atoms with Crippen molar-refractivity contribution in [2.24, 2.45) is 0 Å². The molecule has 0 aliphatic carbocycles. The summed E-state index contributed by atoms with van der Waals surface area (Å²) < 4.78 is 0. The van der Waals surface area contributed by atoms with E-state index in [1.807, 2.05) is 18.9 Å². The molecule has 0 aromatic heterocycles. The lowest BCUT2D eigenvalue weighted by Gasteiger charge is -2.36. The van der Waals surface area contributed by atoms with Crippen LogP contribution in [0.1, 0.15) is 25.3 Å². The highest BCUT2D eigenvalue weighted by Gasteiger charge is 2.27. The first-order valence-corrected chi connectivity index (χ1v) is 8.54. The van der Waals surface area contributed by atoms with Gasteiger partial charge in [0, 0.05) is 18.0 Å². The summed E-state index contributed by atoms with van der Waals surface area (Å²) in [6.07, 6.45) is 2.17. The van der Waals surface area contributed by atoms with Crippen LogP contribution in [0.4, 0.5) is 0 Å². The predicted molar refractivity (Wildman–Crippen MR) is 89.8 cm³/mol. The maximum Gasteiger partial charge on any atom is 0.235 e. The van der Waals surface area contributed by atoms with Crippen LogP contribution in [0.5, 0.6) is 0 Å². The average molecular weight is 306 g/mol. The van der Waals surface area contributed by atoms with Crippen molar-refractivity contribution in [3.63, 3.8) is 0 Å². The fourth-order valence-corrected chi connectivity index (χ4v) is 3.69. The normalized spacial score (nSPS) is 18.5. The van der Waals surface area contributed by atoms with Crippen LogP contribution in [0.2, 0.25) is 0 Å². The largest absolute Gasteiger partial charge is 0.342 e. The smallest absolute Gasteiger partial charge is 0.235 e. The first kappa shape index (κ1) is 16.4.